The number of H-pyrrole nitrogens is 1. The highest BCUT2D eigenvalue weighted by Crippen LogP contribution is 2.22. The van der Waals surface area contributed by atoms with Gasteiger partial charge < -0.3 is 9.72 Å². The van der Waals surface area contributed by atoms with E-state index in [0.717, 1.165) is 15.4 Å². The van der Waals surface area contributed by atoms with Gasteiger partial charge in [0.25, 0.3) is 0 Å². The molecule has 0 spiro atoms. The minimum atomic E-state index is -0.537. The summed E-state index contributed by atoms with van der Waals surface area (Å²) in [4.78, 5) is 15.6. The van der Waals surface area contributed by atoms with Crippen molar-refractivity contribution in [1.82, 2.24) is 4.98 Å². The summed E-state index contributed by atoms with van der Waals surface area (Å²) < 4.78 is 6.70. The quantitative estimate of drug-likeness (QED) is 0.704. The predicted octanol–water partition coefficient (Wildman–Crippen LogP) is 4.58. The van der Waals surface area contributed by atoms with Crippen LogP contribution in [0.3, 0.4) is 0 Å². The standard InChI is InChI=1S/C17H14BrNO2/c1-11(21-13-8-6-12(18)7-9-13)17(20)15-10-19-16-5-3-2-4-14(15)16/h2-11,19H,1H3/t11-/m1/s1. The van der Waals surface area contributed by atoms with Crippen LogP contribution in [0.15, 0.2) is 59.2 Å². The average Bonchev–Trinajstić information content (AvgIpc) is 2.92. The van der Waals surface area contributed by atoms with Gasteiger partial charge in [-0.2, -0.15) is 0 Å². The largest absolute Gasteiger partial charge is 0.483 e. The molecule has 0 amide bonds. The number of aromatic nitrogens is 1. The molecular weight excluding hydrogens is 330 g/mol. The maximum absolute atomic E-state index is 12.5. The second-order valence-electron chi connectivity index (χ2n) is 4.83. The fraction of sp³-hybridized carbons (Fsp3) is 0.118. The van der Waals surface area contributed by atoms with Crippen LogP contribution in [0.4, 0.5) is 0 Å². The normalized spacial score (nSPS) is 12.3. The van der Waals surface area contributed by atoms with Crippen LogP contribution < -0.4 is 4.74 Å². The lowest BCUT2D eigenvalue weighted by molar-refractivity contribution is 0.0820. The van der Waals surface area contributed by atoms with Crippen LogP contribution in [0.25, 0.3) is 10.9 Å². The Balaban J connectivity index is 1.82. The van der Waals surface area contributed by atoms with E-state index in [2.05, 4.69) is 20.9 Å². The predicted molar refractivity (Wildman–Crippen MR) is 86.9 cm³/mol. The third-order valence-electron chi connectivity index (χ3n) is 3.35. The van der Waals surface area contributed by atoms with E-state index in [1.54, 1.807) is 13.1 Å². The zero-order valence-electron chi connectivity index (χ0n) is 11.5. The molecule has 106 valence electrons. The Morgan fingerprint density at radius 1 is 1.14 bits per heavy atom. The number of para-hydroxylation sites is 1. The molecule has 0 aliphatic heterocycles. The van der Waals surface area contributed by atoms with Crippen LogP contribution in [0.1, 0.15) is 17.3 Å². The molecule has 0 aliphatic carbocycles. The first-order chi connectivity index (χ1) is 10.1. The number of hydrogen-bond donors (Lipinski definition) is 1. The molecule has 0 saturated carbocycles. The van der Waals surface area contributed by atoms with Gasteiger partial charge in [0.1, 0.15) is 5.75 Å². The Morgan fingerprint density at radius 2 is 1.86 bits per heavy atom. The number of hydrogen-bond acceptors (Lipinski definition) is 2. The number of aromatic amines is 1. The SMILES string of the molecule is C[C@@H](Oc1ccc(Br)cc1)C(=O)c1c[nH]c2ccccc12. The van der Waals surface area contributed by atoms with Crippen LogP contribution in [-0.4, -0.2) is 16.9 Å². The van der Waals surface area contributed by atoms with Crippen molar-refractivity contribution in [3.63, 3.8) is 0 Å². The Bertz CT molecular complexity index is 777. The summed E-state index contributed by atoms with van der Waals surface area (Å²) in [5, 5.41) is 0.925. The summed E-state index contributed by atoms with van der Waals surface area (Å²) in [6, 6.07) is 15.2. The van der Waals surface area contributed by atoms with Crippen LogP contribution in [0.5, 0.6) is 5.75 Å². The number of rotatable bonds is 4. The molecule has 3 nitrogen and oxygen atoms in total. The second-order valence-corrected chi connectivity index (χ2v) is 5.74. The second kappa shape index (κ2) is 5.74. The number of carbonyl (C=O) groups excluding carboxylic acids is 1. The lowest BCUT2D eigenvalue weighted by atomic mass is 10.1. The molecule has 1 aromatic heterocycles. The first-order valence-corrected chi connectivity index (χ1v) is 7.47. The Labute approximate surface area is 131 Å². The molecule has 0 radical (unpaired) electrons. The smallest absolute Gasteiger partial charge is 0.205 e. The third kappa shape index (κ3) is 2.85. The number of halogens is 1. The lowest BCUT2D eigenvalue weighted by Gasteiger charge is -2.13. The van der Waals surface area contributed by atoms with Gasteiger partial charge in [-0.05, 0) is 37.3 Å². The Kier molecular flexibility index (Phi) is 3.80. The number of carbonyl (C=O) groups is 1. The highest BCUT2D eigenvalue weighted by atomic mass is 79.9. The molecule has 0 unspecified atom stereocenters. The van der Waals surface area contributed by atoms with E-state index in [1.165, 1.54) is 0 Å². The van der Waals surface area contributed by atoms with Crippen LogP contribution >= 0.6 is 15.9 Å². The highest BCUT2D eigenvalue weighted by molar-refractivity contribution is 9.10. The van der Waals surface area contributed by atoms with Gasteiger partial charge in [-0.1, -0.05) is 34.1 Å². The van der Waals surface area contributed by atoms with Gasteiger partial charge in [0.15, 0.2) is 6.10 Å². The zero-order chi connectivity index (χ0) is 14.8. The summed E-state index contributed by atoms with van der Waals surface area (Å²) in [7, 11) is 0. The summed E-state index contributed by atoms with van der Waals surface area (Å²) in [6.07, 6.45) is 1.21. The molecule has 4 heteroatoms. The number of ether oxygens (including phenoxy) is 1. The minimum Gasteiger partial charge on any atom is -0.483 e. The molecule has 1 atom stereocenters. The topological polar surface area (TPSA) is 42.1 Å². The summed E-state index contributed by atoms with van der Waals surface area (Å²) in [6.45, 7) is 1.77. The van der Waals surface area contributed by atoms with E-state index in [9.17, 15) is 4.79 Å². The number of fused-ring (bicyclic) bond motifs is 1. The molecule has 3 aromatic rings. The van der Waals surface area contributed by atoms with Crippen molar-refractivity contribution in [2.75, 3.05) is 0 Å². The molecule has 0 saturated heterocycles. The molecule has 0 fully saturated rings. The van der Waals surface area contributed by atoms with Crippen molar-refractivity contribution in [1.29, 1.82) is 0 Å². The van der Waals surface area contributed by atoms with Crippen LogP contribution in [0.2, 0.25) is 0 Å². The Hall–Kier alpha value is -2.07. The maximum Gasteiger partial charge on any atom is 0.205 e. The highest BCUT2D eigenvalue weighted by Gasteiger charge is 2.20. The fourth-order valence-corrected chi connectivity index (χ4v) is 2.53. The number of nitrogens with one attached hydrogen (secondary N) is 1. The first kappa shape index (κ1) is 13.9. The van der Waals surface area contributed by atoms with E-state index < -0.39 is 6.10 Å². The monoisotopic (exact) mass is 343 g/mol. The van der Waals surface area contributed by atoms with Crippen molar-refractivity contribution in [2.24, 2.45) is 0 Å². The summed E-state index contributed by atoms with van der Waals surface area (Å²) in [5.41, 5.74) is 1.62. The summed E-state index contributed by atoms with van der Waals surface area (Å²) in [5.74, 6) is 0.647. The van der Waals surface area contributed by atoms with Crippen LogP contribution in [0, 0.1) is 0 Å². The first-order valence-electron chi connectivity index (χ1n) is 6.68. The number of benzene rings is 2. The fourth-order valence-electron chi connectivity index (χ4n) is 2.27. The lowest BCUT2D eigenvalue weighted by Crippen LogP contribution is -2.23. The van der Waals surface area contributed by atoms with E-state index in [1.807, 2.05) is 48.5 Å². The minimum absolute atomic E-state index is 0.0321. The van der Waals surface area contributed by atoms with Crippen LogP contribution in [-0.2, 0) is 0 Å². The maximum atomic E-state index is 12.5. The zero-order valence-corrected chi connectivity index (χ0v) is 13.1. The number of Topliss-reactive ketones (excluding diaryl/α,β-unsaturated/α-hetero) is 1. The Morgan fingerprint density at radius 3 is 2.62 bits per heavy atom. The van der Waals surface area contributed by atoms with Gasteiger partial charge in [0.2, 0.25) is 5.78 Å². The average molecular weight is 344 g/mol. The van der Waals surface area contributed by atoms with Gasteiger partial charge in [-0.15, -0.1) is 0 Å². The van der Waals surface area contributed by atoms with Crippen molar-refractivity contribution < 1.29 is 9.53 Å². The third-order valence-corrected chi connectivity index (χ3v) is 3.88. The number of ketones is 1. The molecule has 0 aliphatic rings. The molecule has 0 bridgehead atoms. The van der Waals surface area contributed by atoms with Crippen molar-refractivity contribution in [3.05, 3.63) is 64.8 Å². The molecule has 1 heterocycles. The molecular formula is C17H14BrNO2. The van der Waals surface area contributed by atoms with E-state index in [-0.39, 0.29) is 5.78 Å². The van der Waals surface area contributed by atoms with Gasteiger partial charge in [-0.3, -0.25) is 4.79 Å². The molecule has 1 N–H and O–H groups in total. The van der Waals surface area contributed by atoms with Crippen molar-refractivity contribution in [3.8, 4) is 5.75 Å². The van der Waals surface area contributed by atoms with Gasteiger partial charge in [0, 0.05) is 27.1 Å². The van der Waals surface area contributed by atoms with Gasteiger partial charge in [-0.25, -0.2) is 0 Å². The van der Waals surface area contributed by atoms with Gasteiger partial charge in [0.05, 0.1) is 0 Å². The van der Waals surface area contributed by atoms with Crippen molar-refractivity contribution >= 4 is 32.6 Å². The summed E-state index contributed by atoms with van der Waals surface area (Å²) >= 11 is 3.37. The molecule has 21 heavy (non-hydrogen) atoms. The van der Waals surface area contributed by atoms with E-state index >= 15 is 0 Å². The van der Waals surface area contributed by atoms with Crippen molar-refractivity contribution in [2.45, 2.75) is 13.0 Å². The van der Waals surface area contributed by atoms with Gasteiger partial charge >= 0.3 is 0 Å². The molecule has 3 rings (SSSR count). The molecule has 2 aromatic carbocycles. The van der Waals surface area contributed by atoms with E-state index in [0.29, 0.717) is 11.3 Å². The van der Waals surface area contributed by atoms with E-state index in [4.69, 9.17) is 4.74 Å².